The summed E-state index contributed by atoms with van der Waals surface area (Å²) in [6.45, 7) is 5.61. The number of carbonyl (C=O) groups is 3. The SMILES string of the molecule is CCCC(C(=O)O)N(C)C(N)=NP(=O)(OCCCCOC(=O)OCC)OCCCCOC(=O)OCC. The molecule has 0 aromatic heterocycles. The van der Waals surface area contributed by atoms with Crippen molar-refractivity contribution in [3.05, 3.63) is 0 Å². The van der Waals surface area contributed by atoms with E-state index in [1.54, 1.807) is 13.8 Å². The third-order valence-electron chi connectivity index (χ3n) is 4.45. The number of carboxylic acid groups (broad SMARTS) is 1. The highest BCUT2D eigenvalue weighted by Crippen LogP contribution is 2.50. The van der Waals surface area contributed by atoms with Crippen molar-refractivity contribution < 1.29 is 52.1 Å². The van der Waals surface area contributed by atoms with Gasteiger partial charge in [-0.25, -0.2) is 18.9 Å². The lowest BCUT2D eigenvalue weighted by Gasteiger charge is -2.26. The van der Waals surface area contributed by atoms with Crippen molar-refractivity contribution in [3.63, 3.8) is 0 Å². The molecular weight excluding hydrogens is 501 g/mol. The Kier molecular flexibility index (Phi) is 18.2. The minimum atomic E-state index is -4.11. The molecule has 0 heterocycles. The summed E-state index contributed by atoms with van der Waals surface area (Å²) in [5.41, 5.74) is 5.94. The summed E-state index contributed by atoms with van der Waals surface area (Å²) in [4.78, 5) is 35.1. The van der Waals surface area contributed by atoms with Gasteiger partial charge >= 0.3 is 26.0 Å². The number of nitrogens with zero attached hydrogens (tertiary/aromatic N) is 2. The monoisotopic (exact) mass is 541 g/mol. The number of rotatable bonds is 19. The molecule has 0 amide bonds. The molecule has 0 saturated heterocycles. The van der Waals surface area contributed by atoms with Gasteiger partial charge in [0.15, 0.2) is 0 Å². The number of carbonyl (C=O) groups excluding carboxylic acids is 2. The van der Waals surface area contributed by atoms with Crippen LogP contribution in [-0.2, 0) is 37.4 Å². The van der Waals surface area contributed by atoms with E-state index in [9.17, 15) is 24.1 Å². The van der Waals surface area contributed by atoms with Crippen LogP contribution >= 0.6 is 7.75 Å². The van der Waals surface area contributed by atoms with Crippen LogP contribution in [-0.4, -0.2) is 87.0 Å². The van der Waals surface area contributed by atoms with Gasteiger partial charge in [0.2, 0.25) is 5.96 Å². The normalized spacial score (nSPS) is 12.5. The summed E-state index contributed by atoms with van der Waals surface area (Å²) in [5.74, 6) is -1.41. The number of carboxylic acids is 1. The zero-order valence-electron chi connectivity index (χ0n) is 21.5. The maximum Gasteiger partial charge on any atom is 0.508 e. The lowest BCUT2D eigenvalue weighted by molar-refractivity contribution is -0.141. The van der Waals surface area contributed by atoms with Gasteiger partial charge in [-0.1, -0.05) is 13.3 Å². The van der Waals surface area contributed by atoms with E-state index in [-0.39, 0.29) is 45.6 Å². The Bertz CT molecular complexity index is 702. The van der Waals surface area contributed by atoms with Crippen LogP contribution in [0.15, 0.2) is 4.76 Å². The second-order valence-corrected chi connectivity index (χ2v) is 8.98. The highest BCUT2D eigenvalue weighted by Gasteiger charge is 2.29. The largest absolute Gasteiger partial charge is 0.508 e. The van der Waals surface area contributed by atoms with Crippen molar-refractivity contribution in [1.29, 1.82) is 0 Å². The summed E-state index contributed by atoms with van der Waals surface area (Å²) in [6, 6.07) is -0.966. The van der Waals surface area contributed by atoms with Crippen LogP contribution in [0.3, 0.4) is 0 Å². The summed E-state index contributed by atoms with van der Waals surface area (Å²) in [5, 5.41) is 9.44. The molecule has 14 nitrogen and oxygen atoms in total. The zero-order valence-corrected chi connectivity index (χ0v) is 22.4. The van der Waals surface area contributed by atoms with Gasteiger partial charge in [-0.15, -0.1) is 4.76 Å². The van der Waals surface area contributed by atoms with Crippen LogP contribution in [0.25, 0.3) is 0 Å². The molecule has 0 spiro atoms. The fourth-order valence-electron chi connectivity index (χ4n) is 2.61. The van der Waals surface area contributed by atoms with Gasteiger partial charge in [0.25, 0.3) is 0 Å². The van der Waals surface area contributed by atoms with Gasteiger partial charge < -0.3 is 34.7 Å². The fraction of sp³-hybridized carbons (Fsp3) is 0.810. The summed E-state index contributed by atoms with van der Waals surface area (Å²) >= 11 is 0. The molecule has 1 atom stereocenters. The molecule has 0 saturated carbocycles. The molecule has 210 valence electrons. The van der Waals surface area contributed by atoms with E-state index in [2.05, 4.69) is 14.2 Å². The lowest BCUT2D eigenvalue weighted by Crippen LogP contribution is -2.46. The van der Waals surface area contributed by atoms with E-state index in [1.807, 2.05) is 6.92 Å². The van der Waals surface area contributed by atoms with Crippen molar-refractivity contribution >= 4 is 32.0 Å². The maximum atomic E-state index is 13.2. The Labute approximate surface area is 212 Å². The Morgan fingerprint density at radius 1 is 0.861 bits per heavy atom. The van der Waals surface area contributed by atoms with Crippen molar-refractivity contribution in [2.24, 2.45) is 10.5 Å². The van der Waals surface area contributed by atoms with Crippen molar-refractivity contribution in [3.8, 4) is 0 Å². The fourth-order valence-corrected chi connectivity index (χ4v) is 3.91. The molecule has 15 heteroatoms. The van der Waals surface area contributed by atoms with Crippen LogP contribution in [0.5, 0.6) is 0 Å². The van der Waals surface area contributed by atoms with E-state index < -0.39 is 32.1 Å². The van der Waals surface area contributed by atoms with E-state index in [1.165, 1.54) is 11.9 Å². The molecule has 0 aliphatic heterocycles. The second kappa shape index (κ2) is 19.6. The molecule has 0 radical (unpaired) electrons. The van der Waals surface area contributed by atoms with Gasteiger partial charge in [-0.2, -0.15) is 0 Å². The number of likely N-dealkylation sites (N-methyl/N-ethyl adjacent to an activating group) is 1. The number of ether oxygens (including phenoxy) is 4. The molecular formula is C21H40N3O11P. The van der Waals surface area contributed by atoms with Crippen molar-refractivity contribution in [2.75, 3.05) is 46.7 Å². The maximum absolute atomic E-state index is 13.2. The Morgan fingerprint density at radius 2 is 1.31 bits per heavy atom. The Morgan fingerprint density at radius 3 is 1.69 bits per heavy atom. The predicted molar refractivity (Wildman–Crippen MR) is 130 cm³/mol. The summed E-state index contributed by atoms with van der Waals surface area (Å²) in [7, 11) is -2.68. The second-order valence-electron chi connectivity index (χ2n) is 7.32. The standard InChI is InChI=1S/C21H40N3O11P/c1-5-12-17(18(25)26)24(4)19(22)23-36(29,34-15-10-8-13-32-20(27)30-6-2)35-16-11-9-14-33-21(28)31-7-3/h17H,5-16H2,1-4H3,(H,25,26)(H2,22,23,29). The van der Waals surface area contributed by atoms with Crippen molar-refractivity contribution in [1.82, 2.24) is 4.90 Å². The number of hydrogen-bond acceptors (Lipinski definition) is 10. The average molecular weight is 542 g/mol. The van der Waals surface area contributed by atoms with E-state index >= 15 is 0 Å². The first-order chi connectivity index (χ1) is 17.1. The van der Waals surface area contributed by atoms with E-state index in [0.717, 1.165) is 0 Å². The number of nitrogens with two attached hydrogens (primary N) is 1. The van der Waals surface area contributed by atoms with Crippen LogP contribution in [0.4, 0.5) is 9.59 Å². The molecule has 36 heavy (non-hydrogen) atoms. The molecule has 1 unspecified atom stereocenters. The van der Waals surface area contributed by atoms with E-state index in [0.29, 0.717) is 38.5 Å². The van der Waals surface area contributed by atoms with Crippen LogP contribution in [0, 0.1) is 0 Å². The average Bonchev–Trinajstić information content (AvgIpc) is 2.81. The zero-order chi connectivity index (χ0) is 27.4. The molecule has 0 aliphatic rings. The van der Waals surface area contributed by atoms with Crippen LogP contribution in [0.1, 0.15) is 59.3 Å². The smallest absolute Gasteiger partial charge is 0.480 e. The lowest BCUT2D eigenvalue weighted by atomic mass is 10.1. The summed E-state index contributed by atoms with van der Waals surface area (Å²) in [6.07, 6.45) is 0.856. The molecule has 0 aromatic rings. The minimum absolute atomic E-state index is 0.0484. The predicted octanol–water partition coefficient (Wildman–Crippen LogP) is 3.53. The topological polar surface area (TPSA) is 186 Å². The van der Waals surface area contributed by atoms with Gasteiger partial charge in [0.1, 0.15) is 6.04 Å². The highest BCUT2D eigenvalue weighted by molar-refractivity contribution is 7.52. The molecule has 0 rings (SSSR count). The third-order valence-corrected chi connectivity index (χ3v) is 5.92. The number of hydrogen-bond donors (Lipinski definition) is 2. The van der Waals surface area contributed by atoms with E-state index in [4.69, 9.17) is 24.3 Å². The van der Waals surface area contributed by atoms with Gasteiger partial charge in [-0.3, -0.25) is 9.05 Å². The number of guanidine groups is 1. The first-order valence-electron chi connectivity index (χ1n) is 11.9. The first kappa shape index (κ1) is 33.4. The van der Waals surface area contributed by atoms with Gasteiger partial charge in [0.05, 0.1) is 39.6 Å². The first-order valence-corrected chi connectivity index (χ1v) is 13.4. The quantitative estimate of drug-likeness (QED) is 0.0796. The number of aliphatic carboxylic acids is 1. The Hall–Kier alpha value is -2.57. The highest BCUT2D eigenvalue weighted by atomic mass is 31.2. The molecule has 0 fully saturated rings. The molecule has 0 aromatic carbocycles. The third kappa shape index (κ3) is 15.4. The minimum Gasteiger partial charge on any atom is -0.480 e. The molecule has 3 N–H and O–H groups in total. The van der Waals surface area contributed by atoms with Gasteiger partial charge in [0, 0.05) is 7.05 Å². The number of unbranched alkanes of at least 4 members (excludes halogenated alkanes) is 2. The molecule has 0 bridgehead atoms. The van der Waals surface area contributed by atoms with Crippen molar-refractivity contribution in [2.45, 2.75) is 65.3 Å². The molecule has 0 aliphatic carbocycles. The summed E-state index contributed by atoms with van der Waals surface area (Å²) < 4.78 is 46.9. The van der Waals surface area contributed by atoms with Crippen LogP contribution in [0.2, 0.25) is 0 Å². The van der Waals surface area contributed by atoms with Gasteiger partial charge in [-0.05, 0) is 46.0 Å². The Balaban J connectivity index is 4.99. The van der Waals surface area contributed by atoms with Crippen LogP contribution < -0.4 is 5.73 Å².